The summed E-state index contributed by atoms with van der Waals surface area (Å²) in [4.78, 5) is 7.99. The number of rotatable bonds is 2. The van der Waals surface area contributed by atoms with E-state index in [4.69, 9.17) is 0 Å². The van der Waals surface area contributed by atoms with Gasteiger partial charge in [0.05, 0.1) is 28.6 Å². The highest BCUT2D eigenvalue weighted by atomic mass is 15.1. The molecule has 0 bridgehead atoms. The van der Waals surface area contributed by atoms with Crippen molar-refractivity contribution in [2.75, 3.05) is 0 Å². The molecule has 3 aromatic heterocycles. The van der Waals surface area contributed by atoms with Crippen LogP contribution in [0, 0.1) is 12.8 Å². The number of aromatic nitrogens is 4. The molecule has 1 saturated carbocycles. The molecule has 2 unspecified atom stereocenters. The van der Waals surface area contributed by atoms with Crippen LogP contribution in [0.5, 0.6) is 0 Å². The first-order chi connectivity index (χ1) is 10.3. The Labute approximate surface area is 122 Å². The van der Waals surface area contributed by atoms with Crippen LogP contribution in [0.1, 0.15) is 30.0 Å². The summed E-state index contributed by atoms with van der Waals surface area (Å²) < 4.78 is 0. The molecule has 0 amide bonds. The second-order valence-corrected chi connectivity index (χ2v) is 6.21. The van der Waals surface area contributed by atoms with Crippen molar-refractivity contribution in [3.8, 4) is 11.3 Å². The molecule has 1 fully saturated rings. The number of aromatic amines is 2. The molecule has 4 heteroatoms. The third-order valence-corrected chi connectivity index (χ3v) is 4.91. The fraction of sp³-hybridized carbons (Fsp3) is 0.294. The summed E-state index contributed by atoms with van der Waals surface area (Å²) >= 11 is 0. The van der Waals surface area contributed by atoms with Crippen molar-refractivity contribution in [2.24, 2.45) is 5.92 Å². The van der Waals surface area contributed by atoms with E-state index in [2.05, 4.69) is 39.2 Å². The maximum absolute atomic E-state index is 4.48. The summed E-state index contributed by atoms with van der Waals surface area (Å²) in [6.45, 7) is 2.13. The molecular weight excluding hydrogens is 260 g/mol. The Morgan fingerprint density at radius 2 is 2.29 bits per heavy atom. The maximum Gasteiger partial charge on any atom is 0.0914 e. The lowest BCUT2D eigenvalue weighted by atomic mass is 9.96. The Morgan fingerprint density at radius 3 is 3.10 bits per heavy atom. The largest absolute Gasteiger partial charge is 0.353 e. The van der Waals surface area contributed by atoms with Gasteiger partial charge in [0, 0.05) is 23.2 Å². The van der Waals surface area contributed by atoms with E-state index in [1.807, 2.05) is 18.5 Å². The van der Waals surface area contributed by atoms with Gasteiger partial charge in [-0.25, -0.2) is 0 Å². The molecule has 3 aromatic rings. The van der Waals surface area contributed by atoms with Gasteiger partial charge in [0.2, 0.25) is 0 Å². The van der Waals surface area contributed by atoms with Crippen LogP contribution in [0.4, 0.5) is 0 Å². The van der Waals surface area contributed by atoms with E-state index in [1.165, 1.54) is 29.7 Å². The molecule has 5 rings (SSSR count). The molecule has 21 heavy (non-hydrogen) atoms. The highest BCUT2D eigenvalue weighted by Gasteiger charge is 2.39. The van der Waals surface area contributed by atoms with Crippen LogP contribution in [0.15, 0.2) is 36.2 Å². The molecule has 0 saturated heterocycles. The smallest absolute Gasteiger partial charge is 0.0914 e. The van der Waals surface area contributed by atoms with Crippen molar-refractivity contribution in [1.29, 1.82) is 0 Å². The number of allylic oxidation sites excluding steroid dienone is 2. The van der Waals surface area contributed by atoms with E-state index in [0.717, 1.165) is 22.6 Å². The molecule has 104 valence electrons. The first kappa shape index (κ1) is 11.3. The van der Waals surface area contributed by atoms with Crippen LogP contribution < -0.4 is 0 Å². The van der Waals surface area contributed by atoms with E-state index in [1.54, 1.807) is 5.57 Å². The lowest BCUT2D eigenvalue weighted by Gasteiger charge is -2.09. The van der Waals surface area contributed by atoms with Crippen LogP contribution in [0.3, 0.4) is 0 Å². The molecule has 0 aliphatic heterocycles. The van der Waals surface area contributed by atoms with Gasteiger partial charge >= 0.3 is 0 Å². The van der Waals surface area contributed by atoms with Gasteiger partial charge in [-0.05, 0) is 37.8 Å². The quantitative estimate of drug-likeness (QED) is 0.701. The Morgan fingerprint density at radius 1 is 1.33 bits per heavy atom. The molecule has 3 heterocycles. The zero-order valence-electron chi connectivity index (χ0n) is 11.9. The lowest BCUT2D eigenvalue weighted by Crippen LogP contribution is -1.97. The molecular formula is C17H16N4. The first-order valence-corrected chi connectivity index (χ1v) is 7.49. The van der Waals surface area contributed by atoms with Gasteiger partial charge in [-0.2, -0.15) is 5.10 Å². The predicted octanol–water partition coefficient (Wildman–Crippen LogP) is 3.70. The summed E-state index contributed by atoms with van der Waals surface area (Å²) in [5.41, 5.74) is 8.54. The molecule has 0 radical (unpaired) electrons. The van der Waals surface area contributed by atoms with Crippen molar-refractivity contribution in [3.05, 3.63) is 47.4 Å². The van der Waals surface area contributed by atoms with Gasteiger partial charge in [-0.15, -0.1) is 0 Å². The van der Waals surface area contributed by atoms with Crippen LogP contribution in [-0.2, 0) is 0 Å². The van der Waals surface area contributed by atoms with Crippen LogP contribution in [-0.4, -0.2) is 20.2 Å². The summed E-state index contributed by atoms with van der Waals surface area (Å²) in [5, 5.41) is 7.52. The minimum absolute atomic E-state index is 0.495. The van der Waals surface area contributed by atoms with Crippen molar-refractivity contribution in [1.82, 2.24) is 20.2 Å². The SMILES string of the molecule is Cc1c(-c2cn[nH]c2C2C=C3CC3C2)[nH]c2cccnc12. The van der Waals surface area contributed by atoms with E-state index < -0.39 is 0 Å². The second-order valence-electron chi connectivity index (χ2n) is 6.21. The Balaban J connectivity index is 1.67. The number of fused-ring (bicyclic) bond motifs is 2. The van der Waals surface area contributed by atoms with Gasteiger partial charge < -0.3 is 4.98 Å². The number of H-pyrrole nitrogens is 2. The first-order valence-electron chi connectivity index (χ1n) is 7.49. The molecule has 0 spiro atoms. The van der Waals surface area contributed by atoms with E-state index in [9.17, 15) is 0 Å². The van der Waals surface area contributed by atoms with Gasteiger partial charge in [0.25, 0.3) is 0 Å². The minimum atomic E-state index is 0.495. The van der Waals surface area contributed by atoms with E-state index in [-0.39, 0.29) is 0 Å². The fourth-order valence-electron chi connectivity index (χ4n) is 3.70. The summed E-state index contributed by atoms with van der Waals surface area (Å²) in [6, 6.07) is 4.04. The van der Waals surface area contributed by atoms with Crippen LogP contribution >= 0.6 is 0 Å². The summed E-state index contributed by atoms with van der Waals surface area (Å²) in [6.07, 6.45) is 8.77. The monoisotopic (exact) mass is 276 g/mol. The Kier molecular flexibility index (Phi) is 2.07. The molecule has 2 atom stereocenters. The number of hydrogen-bond acceptors (Lipinski definition) is 2. The topological polar surface area (TPSA) is 57.4 Å². The second kappa shape index (κ2) is 3.85. The van der Waals surface area contributed by atoms with Gasteiger partial charge in [-0.1, -0.05) is 11.6 Å². The average Bonchev–Trinajstić information content (AvgIpc) is 2.90. The summed E-state index contributed by atoms with van der Waals surface area (Å²) in [7, 11) is 0. The maximum atomic E-state index is 4.48. The van der Waals surface area contributed by atoms with Crippen molar-refractivity contribution >= 4 is 11.0 Å². The van der Waals surface area contributed by atoms with E-state index >= 15 is 0 Å². The van der Waals surface area contributed by atoms with Crippen LogP contribution in [0.2, 0.25) is 0 Å². The normalized spacial score (nSPS) is 23.4. The fourth-order valence-corrected chi connectivity index (χ4v) is 3.70. The highest BCUT2D eigenvalue weighted by molar-refractivity contribution is 5.87. The predicted molar refractivity (Wildman–Crippen MR) is 82.0 cm³/mol. The average molecular weight is 276 g/mol. The third-order valence-electron chi connectivity index (χ3n) is 4.91. The number of aryl methyl sites for hydroxylation is 1. The lowest BCUT2D eigenvalue weighted by molar-refractivity contribution is 0.688. The zero-order valence-corrected chi connectivity index (χ0v) is 11.9. The molecule has 2 aliphatic carbocycles. The number of nitrogens with one attached hydrogen (secondary N) is 2. The van der Waals surface area contributed by atoms with Crippen LogP contribution in [0.25, 0.3) is 22.3 Å². The van der Waals surface area contributed by atoms with Crippen molar-refractivity contribution in [2.45, 2.75) is 25.7 Å². The molecule has 0 aromatic carbocycles. The summed E-state index contributed by atoms with van der Waals surface area (Å²) in [5.74, 6) is 1.34. The molecule has 2 N–H and O–H groups in total. The number of nitrogens with zero attached hydrogens (tertiary/aromatic N) is 2. The minimum Gasteiger partial charge on any atom is -0.353 e. The Hall–Kier alpha value is -2.36. The van der Waals surface area contributed by atoms with Crippen molar-refractivity contribution < 1.29 is 0 Å². The van der Waals surface area contributed by atoms with Gasteiger partial charge in [0.15, 0.2) is 0 Å². The van der Waals surface area contributed by atoms with E-state index in [0.29, 0.717) is 5.92 Å². The molecule has 4 nitrogen and oxygen atoms in total. The number of pyridine rings is 1. The Bertz CT molecular complexity index is 883. The zero-order chi connectivity index (χ0) is 14.0. The van der Waals surface area contributed by atoms with Crippen molar-refractivity contribution in [3.63, 3.8) is 0 Å². The third kappa shape index (κ3) is 1.56. The highest BCUT2D eigenvalue weighted by Crippen LogP contribution is 2.53. The van der Waals surface area contributed by atoms with Gasteiger partial charge in [0.1, 0.15) is 0 Å². The molecule has 2 aliphatic rings. The number of hydrogen-bond donors (Lipinski definition) is 2. The standard InChI is InChI=1S/C17H16N4/c1-9-15(20-14-3-2-4-18-16(9)14)13-8-19-21-17(13)12-6-10-5-11(10)7-12/h2-4,6,8,11-12,20H,5,7H2,1H3,(H,19,21). The van der Waals surface area contributed by atoms with Gasteiger partial charge in [-0.3, -0.25) is 10.1 Å².